The first kappa shape index (κ1) is 30.9. The lowest BCUT2D eigenvalue weighted by molar-refractivity contribution is -0.141. The van der Waals surface area contributed by atoms with Crippen LogP contribution in [0.5, 0.6) is 0 Å². The lowest BCUT2D eigenvalue weighted by atomic mass is 10.0. The molecule has 3 aromatic carbocycles. The topological polar surface area (TPSA) is 86.8 Å². The molecule has 0 spiro atoms. The lowest BCUT2D eigenvalue weighted by Crippen LogP contribution is -2.50. The standard InChI is InChI=1S/C32H41N3O4S/c1-4-5-22-33-32(37)30(24-27-13-8-6-9-14-27)34(25-28-20-18-26(2)19-21-28)31(36)17-12-23-35(40(3,38)39)29-15-10-7-11-16-29/h6-11,13-16,18-21,30H,4-5,12,17,22-25H2,1-3H3,(H,33,37). The van der Waals surface area contributed by atoms with Gasteiger partial charge in [0, 0.05) is 32.5 Å². The molecule has 0 bridgehead atoms. The molecule has 1 unspecified atom stereocenters. The molecule has 7 nitrogen and oxygen atoms in total. The van der Waals surface area contributed by atoms with E-state index in [1.165, 1.54) is 10.6 Å². The Labute approximate surface area is 239 Å². The van der Waals surface area contributed by atoms with E-state index in [1.54, 1.807) is 29.2 Å². The summed E-state index contributed by atoms with van der Waals surface area (Å²) in [5.41, 5.74) is 3.57. The van der Waals surface area contributed by atoms with Gasteiger partial charge in [0.15, 0.2) is 0 Å². The zero-order chi connectivity index (χ0) is 29.0. The van der Waals surface area contributed by atoms with Gasteiger partial charge in [-0.15, -0.1) is 0 Å². The Morgan fingerprint density at radius 1 is 0.850 bits per heavy atom. The van der Waals surface area contributed by atoms with Gasteiger partial charge in [0.25, 0.3) is 0 Å². The summed E-state index contributed by atoms with van der Waals surface area (Å²) >= 11 is 0. The molecule has 3 rings (SSSR count). The quantitative estimate of drug-likeness (QED) is 0.261. The number of carbonyl (C=O) groups is 2. The molecule has 0 fully saturated rings. The molecule has 0 aliphatic heterocycles. The highest BCUT2D eigenvalue weighted by atomic mass is 32.2. The molecular weight excluding hydrogens is 522 g/mol. The van der Waals surface area contributed by atoms with Gasteiger partial charge in [-0.05, 0) is 43.0 Å². The van der Waals surface area contributed by atoms with Crippen LogP contribution in [0.1, 0.15) is 49.3 Å². The van der Waals surface area contributed by atoms with Crippen LogP contribution in [0.25, 0.3) is 0 Å². The zero-order valence-corrected chi connectivity index (χ0v) is 24.6. The van der Waals surface area contributed by atoms with Crippen molar-refractivity contribution in [3.63, 3.8) is 0 Å². The van der Waals surface area contributed by atoms with E-state index < -0.39 is 16.1 Å². The fourth-order valence-corrected chi connectivity index (χ4v) is 5.51. The van der Waals surface area contributed by atoms with Crippen molar-refractivity contribution in [2.45, 2.75) is 58.5 Å². The average Bonchev–Trinajstić information content (AvgIpc) is 2.94. The molecule has 0 radical (unpaired) electrons. The minimum absolute atomic E-state index is 0.109. The highest BCUT2D eigenvalue weighted by Crippen LogP contribution is 2.20. The van der Waals surface area contributed by atoms with E-state index in [9.17, 15) is 18.0 Å². The maximum Gasteiger partial charge on any atom is 0.243 e. The maximum absolute atomic E-state index is 13.8. The SMILES string of the molecule is CCCCNC(=O)C(Cc1ccccc1)N(Cc1ccc(C)cc1)C(=O)CCCN(c1ccccc1)S(C)(=O)=O. The van der Waals surface area contributed by atoms with Crippen molar-refractivity contribution in [2.24, 2.45) is 0 Å². The van der Waals surface area contributed by atoms with Crippen molar-refractivity contribution in [2.75, 3.05) is 23.7 Å². The number of nitrogens with zero attached hydrogens (tertiary/aromatic N) is 2. The van der Waals surface area contributed by atoms with Crippen LogP contribution in [-0.4, -0.2) is 50.5 Å². The van der Waals surface area contributed by atoms with E-state index in [1.807, 2.05) is 67.6 Å². The van der Waals surface area contributed by atoms with Crippen molar-refractivity contribution >= 4 is 27.5 Å². The second kappa shape index (κ2) is 15.2. The number of rotatable bonds is 15. The Bertz CT molecular complexity index is 1310. The van der Waals surface area contributed by atoms with Crippen LogP contribution in [0.2, 0.25) is 0 Å². The lowest BCUT2D eigenvalue weighted by Gasteiger charge is -2.32. The van der Waals surface area contributed by atoms with Gasteiger partial charge < -0.3 is 10.2 Å². The number of amides is 2. The number of anilines is 1. The van der Waals surface area contributed by atoms with Crippen LogP contribution >= 0.6 is 0 Å². The summed E-state index contributed by atoms with van der Waals surface area (Å²) < 4.78 is 26.4. The van der Waals surface area contributed by atoms with Crippen molar-refractivity contribution in [1.82, 2.24) is 10.2 Å². The van der Waals surface area contributed by atoms with E-state index in [0.717, 1.165) is 29.5 Å². The molecule has 0 aliphatic carbocycles. The van der Waals surface area contributed by atoms with Gasteiger partial charge >= 0.3 is 0 Å². The molecule has 3 aromatic rings. The van der Waals surface area contributed by atoms with E-state index in [2.05, 4.69) is 12.2 Å². The molecular formula is C32H41N3O4S. The molecule has 1 atom stereocenters. The van der Waals surface area contributed by atoms with Gasteiger partial charge in [-0.3, -0.25) is 13.9 Å². The third kappa shape index (κ3) is 9.52. The second-order valence-electron chi connectivity index (χ2n) is 10.1. The Hall–Kier alpha value is -3.65. The van der Waals surface area contributed by atoms with Crippen LogP contribution < -0.4 is 9.62 Å². The molecule has 2 amide bonds. The smallest absolute Gasteiger partial charge is 0.243 e. The summed E-state index contributed by atoms with van der Waals surface area (Å²) in [6, 6.07) is 25.8. The minimum atomic E-state index is -3.53. The van der Waals surface area contributed by atoms with E-state index >= 15 is 0 Å². The van der Waals surface area contributed by atoms with Gasteiger partial charge in [0.05, 0.1) is 11.9 Å². The number of nitrogens with one attached hydrogen (secondary N) is 1. The van der Waals surface area contributed by atoms with Gasteiger partial charge in [-0.25, -0.2) is 8.42 Å². The van der Waals surface area contributed by atoms with Crippen LogP contribution in [-0.2, 0) is 32.6 Å². The number of aryl methyl sites for hydroxylation is 1. The van der Waals surface area contributed by atoms with E-state index in [4.69, 9.17) is 0 Å². The molecule has 0 saturated heterocycles. The van der Waals surface area contributed by atoms with Gasteiger partial charge in [0.1, 0.15) is 6.04 Å². The van der Waals surface area contributed by atoms with Gasteiger partial charge in [-0.1, -0.05) is 91.7 Å². The van der Waals surface area contributed by atoms with Gasteiger partial charge in [0.2, 0.25) is 21.8 Å². The normalized spacial score (nSPS) is 12.0. The third-order valence-corrected chi connectivity index (χ3v) is 7.96. The average molecular weight is 564 g/mol. The molecule has 0 aliphatic rings. The summed E-state index contributed by atoms with van der Waals surface area (Å²) in [7, 11) is -3.53. The zero-order valence-electron chi connectivity index (χ0n) is 23.8. The number of sulfonamides is 1. The number of hydrogen-bond acceptors (Lipinski definition) is 4. The Morgan fingerprint density at radius 2 is 1.48 bits per heavy atom. The van der Waals surface area contributed by atoms with Crippen molar-refractivity contribution in [1.29, 1.82) is 0 Å². The number of carbonyl (C=O) groups excluding carboxylic acids is 2. The molecule has 0 heterocycles. The Morgan fingerprint density at radius 3 is 2.08 bits per heavy atom. The predicted octanol–water partition coefficient (Wildman–Crippen LogP) is 5.10. The van der Waals surface area contributed by atoms with E-state index in [-0.39, 0.29) is 31.3 Å². The molecule has 1 N–H and O–H groups in total. The summed E-state index contributed by atoms with van der Waals surface area (Å²) in [5, 5.41) is 3.03. The summed E-state index contributed by atoms with van der Waals surface area (Å²) in [5.74, 6) is -0.367. The Kier molecular flexibility index (Phi) is 11.8. The maximum atomic E-state index is 13.8. The Balaban J connectivity index is 1.85. The second-order valence-corrected chi connectivity index (χ2v) is 12.0. The highest BCUT2D eigenvalue weighted by Gasteiger charge is 2.30. The first-order valence-corrected chi connectivity index (χ1v) is 15.7. The molecule has 0 aromatic heterocycles. The summed E-state index contributed by atoms with van der Waals surface area (Å²) in [6.45, 7) is 5.07. The van der Waals surface area contributed by atoms with E-state index in [0.29, 0.717) is 25.1 Å². The molecule has 214 valence electrons. The van der Waals surface area contributed by atoms with Crippen LogP contribution in [0, 0.1) is 6.92 Å². The van der Waals surface area contributed by atoms with Crippen LogP contribution in [0.3, 0.4) is 0 Å². The van der Waals surface area contributed by atoms with Crippen molar-refractivity contribution in [3.05, 3.63) is 102 Å². The summed E-state index contributed by atoms with van der Waals surface area (Å²) in [4.78, 5) is 29.0. The van der Waals surface area contributed by atoms with Crippen molar-refractivity contribution in [3.8, 4) is 0 Å². The first-order valence-electron chi connectivity index (χ1n) is 13.9. The number of benzene rings is 3. The van der Waals surface area contributed by atoms with Crippen LogP contribution in [0.4, 0.5) is 5.69 Å². The minimum Gasteiger partial charge on any atom is -0.354 e. The largest absolute Gasteiger partial charge is 0.354 e. The fourth-order valence-electron chi connectivity index (χ4n) is 4.55. The summed E-state index contributed by atoms with van der Waals surface area (Å²) in [6.07, 6.45) is 3.79. The monoisotopic (exact) mass is 563 g/mol. The number of para-hydroxylation sites is 1. The molecule has 8 heteroatoms. The third-order valence-electron chi connectivity index (χ3n) is 6.77. The predicted molar refractivity (Wildman–Crippen MR) is 161 cm³/mol. The van der Waals surface area contributed by atoms with Gasteiger partial charge in [-0.2, -0.15) is 0 Å². The number of unbranched alkanes of at least 4 members (excludes halogenated alkanes) is 1. The number of hydrogen-bond donors (Lipinski definition) is 1. The first-order chi connectivity index (χ1) is 19.2. The fraction of sp³-hybridized carbons (Fsp3) is 0.375. The highest BCUT2D eigenvalue weighted by molar-refractivity contribution is 7.92. The molecule has 0 saturated carbocycles. The molecule has 40 heavy (non-hydrogen) atoms. The van der Waals surface area contributed by atoms with Crippen LogP contribution in [0.15, 0.2) is 84.9 Å². The van der Waals surface area contributed by atoms with Crippen molar-refractivity contribution < 1.29 is 18.0 Å².